The van der Waals surface area contributed by atoms with Crippen molar-refractivity contribution in [2.75, 3.05) is 38.2 Å². The number of rotatable bonds is 6. The van der Waals surface area contributed by atoms with Crippen LogP contribution in [0.2, 0.25) is 0 Å². The van der Waals surface area contributed by atoms with Gasteiger partial charge in [0.05, 0.1) is 13.2 Å². The number of ether oxygens (including phenoxy) is 1. The first-order valence-corrected chi connectivity index (χ1v) is 10.3. The van der Waals surface area contributed by atoms with Crippen molar-refractivity contribution >= 4 is 35.6 Å². The molecule has 1 unspecified atom stereocenters. The average Bonchev–Trinajstić information content (AvgIpc) is 3.17. The molecule has 0 bridgehead atoms. The lowest BCUT2D eigenvalue weighted by Gasteiger charge is -2.27. The van der Waals surface area contributed by atoms with Crippen molar-refractivity contribution in [1.82, 2.24) is 10.6 Å². The minimum Gasteiger partial charge on any atom is -0.497 e. The van der Waals surface area contributed by atoms with Crippen molar-refractivity contribution < 1.29 is 9.84 Å². The molecule has 1 saturated carbocycles. The maximum atomic E-state index is 9.68. The third-order valence-corrected chi connectivity index (χ3v) is 5.59. The van der Waals surface area contributed by atoms with Crippen molar-refractivity contribution in [2.45, 2.75) is 51.2 Å². The van der Waals surface area contributed by atoms with Gasteiger partial charge in [0.15, 0.2) is 5.96 Å². The van der Waals surface area contributed by atoms with E-state index in [4.69, 9.17) is 9.73 Å². The van der Waals surface area contributed by atoms with Gasteiger partial charge in [-0.25, -0.2) is 0 Å². The topological polar surface area (TPSA) is 69.1 Å². The number of nitrogens with zero attached hydrogens (tertiary/aromatic N) is 2. The van der Waals surface area contributed by atoms with E-state index < -0.39 is 0 Å². The van der Waals surface area contributed by atoms with E-state index >= 15 is 0 Å². The maximum absolute atomic E-state index is 9.68. The first kappa shape index (κ1) is 23.1. The van der Waals surface area contributed by atoms with Gasteiger partial charge >= 0.3 is 0 Å². The second-order valence-corrected chi connectivity index (χ2v) is 7.67. The molecule has 2 fully saturated rings. The Hall–Kier alpha value is -1.22. The van der Waals surface area contributed by atoms with Crippen molar-refractivity contribution in [3.63, 3.8) is 0 Å². The average molecular weight is 502 g/mol. The highest BCUT2D eigenvalue weighted by Gasteiger charge is 2.24. The van der Waals surface area contributed by atoms with Gasteiger partial charge in [-0.05, 0) is 57.1 Å². The van der Waals surface area contributed by atoms with Crippen LogP contribution in [0, 0.1) is 5.92 Å². The molecular weight excluding hydrogens is 467 g/mol. The van der Waals surface area contributed by atoms with Crippen LogP contribution in [0.5, 0.6) is 5.75 Å². The Morgan fingerprint density at radius 1 is 1.25 bits per heavy atom. The Balaban J connectivity index is 0.00000280. The Morgan fingerprint density at radius 2 is 2.04 bits per heavy atom. The molecule has 1 atom stereocenters. The lowest BCUT2D eigenvalue weighted by molar-refractivity contribution is 0.120. The molecule has 158 valence electrons. The van der Waals surface area contributed by atoms with Gasteiger partial charge in [0, 0.05) is 44.0 Å². The van der Waals surface area contributed by atoms with Crippen LogP contribution >= 0.6 is 24.0 Å². The van der Waals surface area contributed by atoms with E-state index in [1.807, 2.05) is 12.1 Å². The molecule has 3 rings (SSSR count). The summed E-state index contributed by atoms with van der Waals surface area (Å²) in [5.41, 5.74) is 1.23. The van der Waals surface area contributed by atoms with Crippen LogP contribution in [0.3, 0.4) is 0 Å². The Labute approximate surface area is 186 Å². The molecule has 1 aromatic rings. The third-order valence-electron chi connectivity index (χ3n) is 5.59. The summed E-state index contributed by atoms with van der Waals surface area (Å²) in [6, 6.07) is 8.71. The molecule has 0 spiro atoms. The van der Waals surface area contributed by atoms with Crippen molar-refractivity contribution in [3.05, 3.63) is 24.3 Å². The van der Waals surface area contributed by atoms with E-state index in [9.17, 15) is 5.11 Å². The summed E-state index contributed by atoms with van der Waals surface area (Å²) in [6.07, 6.45) is 4.83. The smallest absolute Gasteiger partial charge is 0.191 e. The van der Waals surface area contributed by atoms with Crippen LogP contribution in [0.4, 0.5) is 5.69 Å². The van der Waals surface area contributed by atoms with Crippen molar-refractivity contribution in [2.24, 2.45) is 10.9 Å². The predicted molar refractivity (Wildman–Crippen MR) is 126 cm³/mol. The zero-order chi connectivity index (χ0) is 19.1. The molecule has 0 amide bonds. The molecular formula is C21H35IN4O2. The van der Waals surface area contributed by atoms with Crippen LogP contribution < -0.4 is 20.3 Å². The number of methoxy groups -OCH3 is 1. The number of aliphatic hydroxyl groups is 1. The molecule has 3 N–H and O–H groups in total. The van der Waals surface area contributed by atoms with Gasteiger partial charge < -0.3 is 25.4 Å². The fraction of sp³-hybridized carbons (Fsp3) is 0.667. The lowest BCUT2D eigenvalue weighted by Crippen LogP contribution is -2.45. The number of hydrogen-bond donors (Lipinski definition) is 3. The number of guanidine groups is 1. The van der Waals surface area contributed by atoms with E-state index in [1.54, 1.807) is 7.11 Å². The molecule has 2 aliphatic rings. The largest absolute Gasteiger partial charge is 0.497 e. The minimum atomic E-state index is -0.122. The quantitative estimate of drug-likeness (QED) is 0.317. The van der Waals surface area contributed by atoms with Gasteiger partial charge in [0.25, 0.3) is 0 Å². The zero-order valence-corrected chi connectivity index (χ0v) is 19.4. The summed E-state index contributed by atoms with van der Waals surface area (Å²) >= 11 is 0. The summed E-state index contributed by atoms with van der Waals surface area (Å²) in [6.45, 7) is 5.90. The van der Waals surface area contributed by atoms with Gasteiger partial charge in [-0.1, -0.05) is 6.07 Å². The first-order chi connectivity index (χ1) is 13.2. The Kier molecular flexibility index (Phi) is 9.64. The van der Waals surface area contributed by atoms with Crippen LogP contribution in [-0.4, -0.2) is 56.5 Å². The number of aliphatic hydroxyl groups excluding tert-OH is 1. The Morgan fingerprint density at radius 3 is 2.75 bits per heavy atom. The summed E-state index contributed by atoms with van der Waals surface area (Å²) in [5, 5.41) is 16.6. The third kappa shape index (κ3) is 6.69. The molecule has 0 radical (unpaired) electrons. The number of aliphatic imine (C=N–C) groups is 1. The molecule has 0 aromatic heterocycles. The molecule has 1 aliphatic heterocycles. The maximum Gasteiger partial charge on any atom is 0.191 e. The molecule has 28 heavy (non-hydrogen) atoms. The molecule has 1 saturated heterocycles. The van der Waals surface area contributed by atoms with Gasteiger partial charge in [0.1, 0.15) is 5.75 Å². The summed E-state index contributed by atoms with van der Waals surface area (Å²) < 4.78 is 5.35. The van der Waals surface area contributed by atoms with Gasteiger partial charge in [0.2, 0.25) is 0 Å². The monoisotopic (exact) mass is 502 g/mol. The number of nitrogens with one attached hydrogen (secondary N) is 2. The van der Waals surface area contributed by atoms with E-state index in [0.29, 0.717) is 12.0 Å². The number of halogens is 1. The molecule has 1 heterocycles. The van der Waals surface area contributed by atoms with E-state index in [-0.39, 0.29) is 30.1 Å². The number of anilines is 1. The van der Waals surface area contributed by atoms with E-state index in [0.717, 1.165) is 70.0 Å². The van der Waals surface area contributed by atoms with E-state index in [1.165, 1.54) is 5.69 Å². The molecule has 1 aromatic carbocycles. The number of hydrogen-bond acceptors (Lipinski definition) is 4. The second-order valence-electron chi connectivity index (χ2n) is 7.67. The standard InChI is InChI=1S/C21H34N4O2.HI/c1-3-22-21(24-17-7-9-19(26)10-8-17)23-14-16-11-12-25(15-16)18-5-4-6-20(13-18)27-2;/h4-6,13,16-17,19,26H,3,7-12,14-15H2,1-2H3,(H2,22,23,24);1H. The SMILES string of the molecule is CCNC(=NCC1CCN(c2cccc(OC)c2)C1)NC1CCC(O)CC1.I. The van der Waals surface area contributed by atoms with Crippen molar-refractivity contribution in [1.29, 1.82) is 0 Å². The lowest BCUT2D eigenvalue weighted by atomic mass is 9.93. The van der Waals surface area contributed by atoms with Crippen LogP contribution in [0.25, 0.3) is 0 Å². The summed E-state index contributed by atoms with van der Waals surface area (Å²) in [5.74, 6) is 2.39. The van der Waals surface area contributed by atoms with Crippen LogP contribution in [-0.2, 0) is 0 Å². The van der Waals surface area contributed by atoms with Crippen molar-refractivity contribution in [3.8, 4) is 5.75 Å². The zero-order valence-electron chi connectivity index (χ0n) is 17.1. The molecule has 7 heteroatoms. The minimum absolute atomic E-state index is 0. The molecule has 6 nitrogen and oxygen atoms in total. The van der Waals surface area contributed by atoms with Gasteiger partial charge in [-0.15, -0.1) is 24.0 Å². The second kappa shape index (κ2) is 11.7. The highest BCUT2D eigenvalue weighted by atomic mass is 127. The van der Waals surface area contributed by atoms with Crippen LogP contribution in [0.1, 0.15) is 39.0 Å². The Bertz CT molecular complexity index is 620. The molecule has 1 aliphatic carbocycles. The summed E-state index contributed by atoms with van der Waals surface area (Å²) in [4.78, 5) is 7.27. The first-order valence-electron chi connectivity index (χ1n) is 10.3. The highest BCUT2D eigenvalue weighted by molar-refractivity contribution is 14.0. The normalized spacial score (nSPS) is 25.2. The fourth-order valence-corrected chi connectivity index (χ4v) is 3.98. The van der Waals surface area contributed by atoms with Gasteiger partial charge in [-0.2, -0.15) is 0 Å². The van der Waals surface area contributed by atoms with Gasteiger partial charge in [-0.3, -0.25) is 4.99 Å². The summed E-state index contributed by atoms with van der Waals surface area (Å²) in [7, 11) is 1.71. The highest BCUT2D eigenvalue weighted by Crippen LogP contribution is 2.27. The van der Waals surface area contributed by atoms with E-state index in [2.05, 4.69) is 34.6 Å². The fourth-order valence-electron chi connectivity index (χ4n) is 3.98. The van der Waals surface area contributed by atoms with Crippen LogP contribution in [0.15, 0.2) is 29.3 Å². The number of benzene rings is 1. The predicted octanol–water partition coefficient (Wildman–Crippen LogP) is 3.00.